The maximum Gasteiger partial charge on any atom is 0.328 e. The first-order valence-corrected chi connectivity index (χ1v) is 11.2. The van der Waals surface area contributed by atoms with Crippen LogP contribution in [0.25, 0.3) is 28.1 Å². The minimum absolute atomic E-state index is 0.0517. The average molecular weight is 455 g/mol. The minimum atomic E-state index is -0.843. The first-order valence-electron chi connectivity index (χ1n) is 11.2. The van der Waals surface area contributed by atoms with E-state index >= 15 is 0 Å². The predicted molar refractivity (Wildman–Crippen MR) is 118 cm³/mol. The Balaban J connectivity index is 1.57. The summed E-state index contributed by atoms with van der Waals surface area (Å²) in [6.07, 6.45) is 2.90. The Labute approximate surface area is 187 Å². The van der Waals surface area contributed by atoms with Crippen molar-refractivity contribution < 1.29 is 13.5 Å². The Morgan fingerprint density at radius 2 is 1.88 bits per heavy atom. The van der Waals surface area contributed by atoms with Gasteiger partial charge >= 0.3 is 5.69 Å². The van der Waals surface area contributed by atoms with Gasteiger partial charge in [0, 0.05) is 38.4 Å². The summed E-state index contributed by atoms with van der Waals surface area (Å²) in [5.41, 5.74) is 1.89. The van der Waals surface area contributed by atoms with Gasteiger partial charge < -0.3 is 14.6 Å². The van der Waals surface area contributed by atoms with Gasteiger partial charge in [0.05, 0.1) is 11.0 Å². The second-order valence-electron chi connectivity index (χ2n) is 8.60. The van der Waals surface area contributed by atoms with E-state index in [1.54, 1.807) is 21.5 Å². The van der Waals surface area contributed by atoms with Crippen LogP contribution >= 0.6 is 0 Å². The maximum absolute atomic E-state index is 14.0. The molecule has 33 heavy (non-hydrogen) atoms. The molecule has 172 valence electrons. The molecular formula is C22H23F2N7O2. The van der Waals surface area contributed by atoms with Crippen molar-refractivity contribution in [3.8, 4) is 5.95 Å². The lowest BCUT2D eigenvalue weighted by Crippen LogP contribution is -2.35. The number of nitrogens with one attached hydrogen (secondary N) is 1. The van der Waals surface area contributed by atoms with Gasteiger partial charge in [-0.3, -0.25) is 9.13 Å². The highest BCUT2D eigenvalue weighted by atomic mass is 19.1. The Hall–Kier alpha value is -3.34. The number of piperidine rings is 1. The van der Waals surface area contributed by atoms with E-state index in [1.807, 2.05) is 4.90 Å². The van der Waals surface area contributed by atoms with Crippen molar-refractivity contribution in [1.82, 2.24) is 29.1 Å². The number of H-pyrrole nitrogens is 1. The number of imidazole rings is 2. The molecule has 5 heterocycles. The topological polar surface area (TPSA) is 93.9 Å². The molecule has 2 saturated heterocycles. The van der Waals surface area contributed by atoms with Gasteiger partial charge in [-0.05, 0) is 37.8 Å². The number of rotatable bonds is 3. The summed E-state index contributed by atoms with van der Waals surface area (Å²) in [4.78, 5) is 31.8. The molecule has 2 aliphatic rings. The van der Waals surface area contributed by atoms with E-state index in [0.717, 1.165) is 0 Å². The SMILES string of the molecule is O=c1[nH]c2c(N3CCC(F)CC3)nc(-n3cnc4ccc(F)cc43)nc2n1C1CCOCC1. The third-order valence-electron chi connectivity index (χ3n) is 6.54. The number of aromatic amines is 1. The van der Waals surface area contributed by atoms with E-state index < -0.39 is 12.0 Å². The molecule has 1 aromatic carbocycles. The predicted octanol–water partition coefficient (Wildman–Crippen LogP) is 2.89. The fourth-order valence-corrected chi connectivity index (χ4v) is 4.79. The molecule has 11 heteroatoms. The summed E-state index contributed by atoms with van der Waals surface area (Å²) >= 11 is 0. The van der Waals surface area contributed by atoms with Crippen LogP contribution in [-0.2, 0) is 4.74 Å². The molecule has 0 aliphatic carbocycles. The maximum atomic E-state index is 14.0. The highest BCUT2D eigenvalue weighted by Crippen LogP contribution is 2.30. The zero-order valence-corrected chi connectivity index (χ0v) is 17.9. The molecule has 2 fully saturated rings. The normalized spacial score (nSPS) is 18.5. The molecule has 0 atom stereocenters. The molecule has 0 saturated carbocycles. The number of halogens is 2. The fourth-order valence-electron chi connectivity index (χ4n) is 4.79. The van der Waals surface area contributed by atoms with E-state index in [4.69, 9.17) is 14.7 Å². The molecule has 0 spiro atoms. The Kier molecular flexibility index (Phi) is 4.86. The van der Waals surface area contributed by atoms with Gasteiger partial charge in [0.15, 0.2) is 11.5 Å². The third kappa shape index (κ3) is 3.47. The van der Waals surface area contributed by atoms with Crippen molar-refractivity contribution in [2.45, 2.75) is 37.9 Å². The smallest absolute Gasteiger partial charge is 0.328 e. The van der Waals surface area contributed by atoms with Crippen LogP contribution in [0, 0.1) is 5.82 Å². The van der Waals surface area contributed by atoms with E-state index in [1.165, 1.54) is 12.1 Å². The number of nitrogens with zero attached hydrogens (tertiary/aromatic N) is 6. The second-order valence-corrected chi connectivity index (χ2v) is 8.60. The van der Waals surface area contributed by atoms with Crippen molar-refractivity contribution >= 4 is 28.0 Å². The number of aromatic nitrogens is 6. The summed E-state index contributed by atoms with van der Waals surface area (Å²) in [5.74, 6) is 0.437. The lowest BCUT2D eigenvalue weighted by Gasteiger charge is -2.30. The molecule has 0 bridgehead atoms. The summed E-state index contributed by atoms with van der Waals surface area (Å²) in [7, 11) is 0. The first kappa shape index (κ1) is 20.3. The molecule has 1 N–H and O–H groups in total. The summed E-state index contributed by atoms with van der Waals surface area (Å²) in [6.45, 7) is 2.11. The van der Waals surface area contributed by atoms with Crippen LogP contribution in [0.2, 0.25) is 0 Å². The molecule has 4 aromatic rings. The van der Waals surface area contributed by atoms with Gasteiger partial charge in [-0.25, -0.2) is 18.6 Å². The van der Waals surface area contributed by atoms with Crippen molar-refractivity contribution in [1.29, 1.82) is 0 Å². The largest absolute Gasteiger partial charge is 0.381 e. The fraction of sp³-hybridized carbons (Fsp3) is 0.455. The zero-order valence-electron chi connectivity index (χ0n) is 17.9. The van der Waals surface area contributed by atoms with Gasteiger partial charge in [0.1, 0.15) is 23.8 Å². The number of fused-ring (bicyclic) bond motifs is 2. The monoisotopic (exact) mass is 455 g/mol. The number of anilines is 1. The molecule has 0 radical (unpaired) electrons. The molecule has 3 aromatic heterocycles. The van der Waals surface area contributed by atoms with Crippen LogP contribution in [-0.4, -0.2) is 61.5 Å². The molecule has 0 amide bonds. The van der Waals surface area contributed by atoms with Crippen LogP contribution in [0.3, 0.4) is 0 Å². The molecular weight excluding hydrogens is 432 g/mol. The van der Waals surface area contributed by atoms with Gasteiger partial charge in [-0.15, -0.1) is 0 Å². The second kappa shape index (κ2) is 7.91. The lowest BCUT2D eigenvalue weighted by atomic mass is 10.1. The van der Waals surface area contributed by atoms with Crippen molar-refractivity contribution in [2.24, 2.45) is 0 Å². The van der Waals surface area contributed by atoms with Crippen LogP contribution in [0.15, 0.2) is 29.3 Å². The third-order valence-corrected chi connectivity index (χ3v) is 6.54. The van der Waals surface area contributed by atoms with E-state index in [9.17, 15) is 13.6 Å². The Morgan fingerprint density at radius 1 is 1.09 bits per heavy atom. The van der Waals surface area contributed by atoms with E-state index in [0.29, 0.717) is 80.0 Å². The van der Waals surface area contributed by atoms with Gasteiger partial charge in [-0.2, -0.15) is 9.97 Å². The zero-order chi connectivity index (χ0) is 22.5. The lowest BCUT2D eigenvalue weighted by molar-refractivity contribution is 0.0697. The number of ether oxygens (including phenoxy) is 1. The van der Waals surface area contributed by atoms with Gasteiger partial charge in [0.2, 0.25) is 5.95 Å². The van der Waals surface area contributed by atoms with Gasteiger partial charge in [-0.1, -0.05) is 0 Å². The Morgan fingerprint density at radius 3 is 2.67 bits per heavy atom. The van der Waals surface area contributed by atoms with Crippen molar-refractivity contribution in [3.05, 3.63) is 40.8 Å². The highest BCUT2D eigenvalue weighted by Gasteiger charge is 2.28. The highest BCUT2D eigenvalue weighted by molar-refractivity contribution is 5.85. The standard InChI is InChI=1S/C22H23F2N7O2/c23-13-3-7-29(8-4-13)19-18-20(31(22(32)26-18)15-5-9-33-10-6-15)28-21(27-19)30-12-25-16-2-1-14(24)11-17(16)30/h1-2,11-13,15H,3-10H2,(H,26,32). The Bertz CT molecular complexity index is 1380. The van der Waals surface area contributed by atoms with Crippen molar-refractivity contribution in [3.63, 3.8) is 0 Å². The summed E-state index contributed by atoms with van der Waals surface area (Å²) in [5, 5.41) is 0. The number of alkyl halides is 1. The molecule has 9 nitrogen and oxygen atoms in total. The molecule has 0 unspecified atom stereocenters. The first-order chi connectivity index (χ1) is 16.1. The number of hydrogen-bond donors (Lipinski definition) is 1. The van der Waals surface area contributed by atoms with Crippen LogP contribution < -0.4 is 10.6 Å². The van der Waals surface area contributed by atoms with Crippen molar-refractivity contribution in [2.75, 3.05) is 31.2 Å². The molecule has 2 aliphatic heterocycles. The summed E-state index contributed by atoms with van der Waals surface area (Å²) in [6, 6.07) is 4.28. The minimum Gasteiger partial charge on any atom is -0.381 e. The van der Waals surface area contributed by atoms with Crippen LogP contribution in [0.1, 0.15) is 31.7 Å². The van der Waals surface area contributed by atoms with E-state index in [-0.39, 0.29) is 17.7 Å². The number of hydrogen-bond acceptors (Lipinski definition) is 6. The van der Waals surface area contributed by atoms with E-state index in [2.05, 4.69) is 9.97 Å². The summed E-state index contributed by atoms with van der Waals surface area (Å²) < 4.78 is 36.6. The van der Waals surface area contributed by atoms with Crippen LogP contribution in [0.4, 0.5) is 14.6 Å². The van der Waals surface area contributed by atoms with Gasteiger partial charge in [0.25, 0.3) is 0 Å². The quantitative estimate of drug-likeness (QED) is 0.511. The molecule has 6 rings (SSSR count). The average Bonchev–Trinajstić information content (AvgIpc) is 3.39. The van der Waals surface area contributed by atoms with Crippen LogP contribution in [0.5, 0.6) is 0 Å². The number of benzene rings is 1.